The Morgan fingerprint density at radius 1 is 1.06 bits per heavy atom. The van der Waals surface area contributed by atoms with Gasteiger partial charge in [-0.2, -0.15) is 18.2 Å². The molecule has 0 aliphatic carbocycles. The van der Waals surface area contributed by atoms with Crippen molar-refractivity contribution >= 4 is 17.4 Å². The first-order valence-corrected chi connectivity index (χ1v) is 9.68. The van der Waals surface area contributed by atoms with Crippen LogP contribution in [-0.2, 0) is 6.18 Å². The lowest BCUT2D eigenvalue weighted by Gasteiger charge is -2.36. The highest BCUT2D eigenvalue weighted by Crippen LogP contribution is 2.30. The first-order valence-electron chi connectivity index (χ1n) is 9.68. The van der Waals surface area contributed by atoms with Crippen molar-refractivity contribution in [3.63, 3.8) is 0 Å². The third kappa shape index (κ3) is 4.79. The van der Waals surface area contributed by atoms with E-state index in [1.165, 1.54) is 12.1 Å². The van der Waals surface area contributed by atoms with Crippen LogP contribution in [0.1, 0.15) is 11.5 Å². The van der Waals surface area contributed by atoms with Crippen LogP contribution in [0.25, 0.3) is 11.4 Å². The Morgan fingerprint density at radius 3 is 2.39 bits per heavy atom. The summed E-state index contributed by atoms with van der Waals surface area (Å²) in [5.74, 6) is 1.03. The third-order valence-electron chi connectivity index (χ3n) is 5.03. The lowest BCUT2D eigenvalue weighted by Crippen LogP contribution is -2.50. The molecule has 2 heterocycles. The molecule has 1 aliphatic heterocycles. The van der Waals surface area contributed by atoms with Gasteiger partial charge in [0.05, 0.1) is 5.56 Å². The molecule has 0 unspecified atom stereocenters. The van der Waals surface area contributed by atoms with Crippen molar-refractivity contribution in [3.05, 3.63) is 60.0 Å². The highest BCUT2D eigenvalue weighted by molar-refractivity contribution is 5.89. The van der Waals surface area contributed by atoms with Crippen LogP contribution in [0, 0.1) is 6.92 Å². The van der Waals surface area contributed by atoms with E-state index in [2.05, 4.69) is 20.4 Å². The van der Waals surface area contributed by atoms with E-state index in [-0.39, 0.29) is 5.69 Å². The number of benzene rings is 2. The Balaban J connectivity index is 1.34. The van der Waals surface area contributed by atoms with E-state index in [4.69, 9.17) is 4.52 Å². The number of rotatable bonds is 3. The summed E-state index contributed by atoms with van der Waals surface area (Å²) in [6.45, 7) is 3.86. The number of aromatic nitrogens is 2. The van der Waals surface area contributed by atoms with Crippen LogP contribution in [0.3, 0.4) is 0 Å². The standard InChI is InChI=1S/C21H20F3N5O2/c1-14-25-19(27-31-14)15-5-7-18(8-6-15)28-9-11-29(12-10-28)20(30)26-17-4-2-3-16(13-17)21(22,23)24/h2-8,13H,9-12H2,1H3,(H,26,30). The lowest BCUT2D eigenvalue weighted by molar-refractivity contribution is -0.137. The third-order valence-corrected chi connectivity index (χ3v) is 5.03. The fourth-order valence-electron chi connectivity index (χ4n) is 3.38. The molecule has 1 N–H and O–H groups in total. The first-order chi connectivity index (χ1) is 14.8. The largest absolute Gasteiger partial charge is 0.416 e. The molecule has 0 saturated carbocycles. The van der Waals surface area contributed by atoms with Gasteiger partial charge < -0.3 is 19.6 Å². The van der Waals surface area contributed by atoms with Crippen LogP contribution in [-0.4, -0.2) is 47.3 Å². The number of carbonyl (C=O) groups excluding carboxylic acids is 1. The van der Waals surface area contributed by atoms with Gasteiger partial charge in [-0.1, -0.05) is 11.2 Å². The molecule has 4 rings (SSSR count). The van der Waals surface area contributed by atoms with Gasteiger partial charge in [0.1, 0.15) is 0 Å². The van der Waals surface area contributed by atoms with E-state index in [9.17, 15) is 18.0 Å². The fraction of sp³-hybridized carbons (Fsp3) is 0.286. The zero-order valence-corrected chi connectivity index (χ0v) is 16.7. The Kier molecular flexibility index (Phi) is 5.53. The maximum Gasteiger partial charge on any atom is 0.416 e. The number of halogens is 3. The van der Waals surface area contributed by atoms with Crippen LogP contribution >= 0.6 is 0 Å². The number of nitrogens with zero attached hydrogens (tertiary/aromatic N) is 4. The predicted molar refractivity (Wildman–Crippen MR) is 109 cm³/mol. The minimum Gasteiger partial charge on any atom is -0.368 e. The van der Waals surface area contributed by atoms with Gasteiger partial charge in [-0.3, -0.25) is 0 Å². The molecule has 3 aromatic rings. The molecule has 31 heavy (non-hydrogen) atoms. The number of nitrogens with one attached hydrogen (secondary N) is 1. The van der Waals surface area contributed by atoms with Crippen molar-refractivity contribution in [2.24, 2.45) is 0 Å². The number of aryl methyl sites for hydroxylation is 1. The van der Waals surface area contributed by atoms with E-state index in [0.717, 1.165) is 23.4 Å². The summed E-state index contributed by atoms with van der Waals surface area (Å²) in [7, 11) is 0. The van der Waals surface area contributed by atoms with E-state index < -0.39 is 17.8 Å². The summed E-state index contributed by atoms with van der Waals surface area (Å²) in [5, 5.41) is 6.45. The van der Waals surface area contributed by atoms with Crippen molar-refractivity contribution in [2.75, 3.05) is 36.4 Å². The van der Waals surface area contributed by atoms with E-state index in [1.807, 2.05) is 24.3 Å². The number of alkyl halides is 3. The number of hydrogen-bond donors (Lipinski definition) is 1. The summed E-state index contributed by atoms with van der Waals surface area (Å²) in [5.41, 5.74) is 1.17. The molecule has 1 saturated heterocycles. The molecular formula is C21H20F3N5O2. The molecule has 0 bridgehead atoms. The average molecular weight is 431 g/mol. The summed E-state index contributed by atoms with van der Waals surface area (Å²) >= 11 is 0. The van der Waals surface area contributed by atoms with Crippen LogP contribution in [0.5, 0.6) is 0 Å². The zero-order chi connectivity index (χ0) is 22.0. The van der Waals surface area contributed by atoms with Gasteiger partial charge in [0, 0.05) is 50.0 Å². The average Bonchev–Trinajstić information content (AvgIpc) is 3.20. The van der Waals surface area contributed by atoms with Crippen LogP contribution in [0.2, 0.25) is 0 Å². The first kappa shape index (κ1) is 20.7. The molecule has 10 heteroatoms. The zero-order valence-electron chi connectivity index (χ0n) is 16.7. The Hall–Kier alpha value is -3.56. The van der Waals surface area contributed by atoms with Gasteiger partial charge in [-0.25, -0.2) is 4.79 Å². The van der Waals surface area contributed by atoms with Crippen LogP contribution in [0.15, 0.2) is 53.1 Å². The number of hydrogen-bond acceptors (Lipinski definition) is 5. The predicted octanol–water partition coefficient (Wildman–Crippen LogP) is 4.42. The second-order valence-electron chi connectivity index (χ2n) is 7.17. The van der Waals surface area contributed by atoms with Gasteiger partial charge in [0.25, 0.3) is 0 Å². The monoisotopic (exact) mass is 431 g/mol. The summed E-state index contributed by atoms with van der Waals surface area (Å²) < 4.78 is 43.5. The van der Waals surface area contributed by atoms with Gasteiger partial charge >= 0.3 is 12.2 Å². The molecule has 1 fully saturated rings. The van der Waals surface area contributed by atoms with Crippen molar-refractivity contribution in [3.8, 4) is 11.4 Å². The number of carbonyl (C=O) groups is 1. The second-order valence-corrected chi connectivity index (χ2v) is 7.17. The fourth-order valence-corrected chi connectivity index (χ4v) is 3.38. The molecule has 0 radical (unpaired) electrons. The highest BCUT2D eigenvalue weighted by atomic mass is 19.4. The molecule has 2 amide bonds. The quantitative estimate of drug-likeness (QED) is 0.665. The number of piperazine rings is 1. The minimum atomic E-state index is -4.45. The highest BCUT2D eigenvalue weighted by Gasteiger charge is 2.30. The molecular weight excluding hydrogens is 411 g/mol. The Morgan fingerprint density at radius 2 is 1.77 bits per heavy atom. The number of urea groups is 1. The minimum absolute atomic E-state index is 0.120. The van der Waals surface area contributed by atoms with Crippen molar-refractivity contribution in [2.45, 2.75) is 13.1 Å². The molecule has 2 aromatic carbocycles. The van der Waals surface area contributed by atoms with Gasteiger partial charge in [-0.05, 0) is 42.5 Å². The van der Waals surface area contributed by atoms with Crippen LogP contribution in [0.4, 0.5) is 29.3 Å². The maximum absolute atomic E-state index is 12.8. The SMILES string of the molecule is Cc1nc(-c2ccc(N3CCN(C(=O)Nc4cccc(C(F)(F)F)c4)CC3)cc2)no1. The maximum atomic E-state index is 12.8. The number of anilines is 2. The Bertz CT molecular complexity index is 1060. The normalized spacial score (nSPS) is 14.6. The van der Waals surface area contributed by atoms with E-state index in [1.54, 1.807) is 11.8 Å². The van der Waals surface area contributed by atoms with Gasteiger partial charge in [0.2, 0.25) is 11.7 Å². The van der Waals surface area contributed by atoms with E-state index >= 15 is 0 Å². The van der Waals surface area contributed by atoms with Crippen LogP contribution < -0.4 is 10.2 Å². The smallest absolute Gasteiger partial charge is 0.368 e. The topological polar surface area (TPSA) is 74.5 Å². The van der Waals surface area contributed by atoms with Crippen molar-refractivity contribution < 1.29 is 22.5 Å². The molecule has 7 nitrogen and oxygen atoms in total. The molecule has 162 valence electrons. The summed E-state index contributed by atoms with van der Waals surface area (Å²) in [6.07, 6.45) is -4.45. The molecule has 1 aromatic heterocycles. The molecule has 0 atom stereocenters. The lowest BCUT2D eigenvalue weighted by atomic mass is 10.1. The molecule has 0 spiro atoms. The second kappa shape index (κ2) is 8.29. The summed E-state index contributed by atoms with van der Waals surface area (Å²) in [6, 6.07) is 11.9. The molecule has 1 aliphatic rings. The van der Waals surface area contributed by atoms with Gasteiger partial charge in [-0.15, -0.1) is 0 Å². The number of amides is 2. The van der Waals surface area contributed by atoms with Gasteiger partial charge in [0.15, 0.2) is 0 Å². The van der Waals surface area contributed by atoms with Crippen molar-refractivity contribution in [1.29, 1.82) is 0 Å². The summed E-state index contributed by atoms with van der Waals surface area (Å²) in [4.78, 5) is 20.4. The van der Waals surface area contributed by atoms with Crippen molar-refractivity contribution in [1.82, 2.24) is 15.0 Å². The van der Waals surface area contributed by atoms with E-state index in [0.29, 0.717) is 37.9 Å². The Labute approximate surface area is 176 Å².